The van der Waals surface area contributed by atoms with Gasteiger partial charge in [-0.1, -0.05) is 23.7 Å². The number of non-ortho nitro benzene ring substituents is 2. The second-order valence-corrected chi connectivity index (χ2v) is 6.66. The van der Waals surface area contributed by atoms with E-state index in [1.165, 1.54) is 42.6 Å². The van der Waals surface area contributed by atoms with Gasteiger partial charge in [0.05, 0.1) is 21.1 Å². The lowest BCUT2D eigenvalue weighted by Gasteiger charge is -1.97. The van der Waals surface area contributed by atoms with Crippen molar-refractivity contribution in [2.75, 3.05) is 0 Å². The van der Waals surface area contributed by atoms with Gasteiger partial charge in [0.15, 0.2) is 0 Å². The summed E-state index contributed by atoms with van der Waals surface area (Å²) in [7, 11) is 0. The Labute approximate surface area is 160 Å². The molecule has 0 unspecified atom stereocenters. The molecular weight excluding hydrogens is 396 g/mol. The van der Waals surface area contributed by atoms with Gasteiger partial charge < -0.3 is 0 Å². The Bertz CT molecular complexity index is 1110. The molecule has 0 saturated carbocycles. The summed E-state index contributed by atoms with van der Waals surface area (Å²) in [4.78, 5) is 33.0. The van der Waals surface area contributed by atoms with Crippen LogP contribution in [-0.2, 0) is 0 Å². The van der Waals surface area contributed by atoms with Crippen LogP contribution in [0.15, 0.2) is 47.6 Å². The first-order chi connectivity index (χ1) is 12.9. The van der Waals surface area contributed by atoms with Crippen LogP contribution in [0.5, 0.6) is 0 Å². The van der Waals surface area contributed by atoms with Crippen molar-refractivity contribution < 1.29 is 14.6 Å². The average Bonchev–Trinajstić information content (AvgIpc) is 2.98. The number of rotatable bonds is 5. The van der Waals surface area contributed by atoms with Crippen LogP contribution in [0, 0.1) is 20.2 Å². The van der Waals surface area contributed by atoms with Gasteiger partial charge in [-0.05, 0) is 6.07 Å². The molecule has 1 aromatic heterocycles. The molecule has 27 heavy (non-hydrogen) atoms. The van der Waals surface area contributed by atoms with E-state index < -0.39 is 15.8 Å². The SMILES string of the molecule is O=C(NN=Cc1cccc([N+](=O)[O-])c1)c1sc2cc([N+](=O)[O-])ccc2c1Cl. The fourth-order valence-electron chi connectivity index (χ4n) is 2.25. The summed E-state index contributed by atoms with van der Waals surface area (Å²) in [6.07, 6.45) is 1.26. The second kappa shape index (κ2) is 7.48. The lowest BCUT2D eigenvalue weighted by molar-refractivity contribution is -0.385. The van der Waals surface area contributed by atoms with Gasteiger partial charge >= 0.3 is 0 Å². The Morgan fingerprint density at radius 3 is 2.52 bits per heavy atom. The van der Waals surface area contributed by atoms with E-state index in [1.54, 1.807) is 6.07 Å². The predicted octanol–water partition coefficient (Wildman–Crippen LogP) is 4.14. The zero-order valence-corrected chi connectivity index (χ0v) is 14.9. The van der Waals surface area contributed by atoms with E-state index in [-0.39, 0.29) is 21.3 Å². The zero-order chi connectivity index (χ0) is 19.6. The van der Waals surface area contributed by atoms with Gasteiger partial charge in [0.1, 0.15) is 4.88 Å². The number of fused-ring (bicyclic) bond motifs is 1. The van der Waals surface area contributed by atoms with Crippen LogP contribution in [0.3, 0.4) is 0 Å². The number of carbonyl (C=O) groups is 1. The van der Waals surface area contributed by atoms with Gasteiger partial charge in [0.25, 0.3) is 17.3 Å². The second-order valence-electron chi connectivity index (χ2n) is 5.23. The van der Waals surface area contributed by atoms with Gasteiger partial charge in [-0.2, -0.15) is 5.10 Å². The molecule has 0 aliphatic carbocycles. The van der Waals surface area contributed by atoms with Crippen molar-refractivity contribution in [1.29, 1.82) is 0 Å². The van der Waals surface area contributed by atoms with Crippen LogP contribution < -0.4 is 5.43 Å². The van der Waals surface area contributed by atoms with E-state index in [0.717, 1.165) is 11.3 Å². The van der Waals surface area contributed by atoms with Crippen molar-refractivity contribution in [3.63, 3.8) is 0 Å². The van der Waals surface area contributed by atoms with E-state index >= 15 is 0 Å². The van der Waals surface area contributed by atoms with Crippen molar-refractivity contribution in [2.45, 2.75) is 0 Å². The van der Waals surface area contributed by atoms with Crippen molar-refractivity contribution >= 4 is 56.5 Å². The molecule has 11 heteroatoms. The van der Waals surface area contributed by atoms with Crippen LogP contribution >= 0.6 is 22.9 Å². The third kappa shape index (κ3) is 3.91. The summed E-state index contributed by atoms with van der Waals surface area (Å²) in [5.74, 6) is -0.592. The van der Waals surface area contributed by atoms with E-state index in [9.17, 15) is 25.0 Å². The van der Waals surface area contributed by atoms with Crippen LogP contribution in [0.25, 0.3) is 10.1 Å². The molecule has 0 saturated heterocycles. The van der Waals surface area contributed by atoms with Gasteiger partial charge in [-0.3, -0.25) is 25.0 Å². The quantitative estimate of drug-likeness (QED) is 0.388. The summed E-state index contributed by atoms with van der Waals surface area (Å²) >= 11 is 7.19. The van der Waals surface area contributed by atoms with E-state index in [0.29, 0.717) is 15.6 Å². The molecule has 9 nitrogen and oxygen atoms in total. The minimum absolute atomic E-state index is 0.0978. The smallest absolute Gasteiger partial charge is 0.266 e. The number of nitrogens with one attached hydrogen (secondary N) is 1. The largest absolute Gasteiger partial charge is 0.283 e. The van der Waals surface area contributed by atoms with Crippen LogP contribution in [-0.4, -0.2) is 22.0 Å². The number of hydrogen-bond donors (Lipinski definition) is 1. The number of hydrazone groups is 1. The maximum absolute atomic E-state index is 12.3. The number of thiophene rings is 1. The predicted molar refractivity (Wildman–Crippen MR) is 102 cm³/mol. The first-order valence-corrected chi connectivity index (χ1v) is 8.50. The summed E-state index contributed by atoms with van der Waals surface area (Å²) in [5.41, 5.74) is 2.52. The molecule has 3 aromatic rings. The highest BCUT2D eigenvalue weighted by Gasteiger charge is 2.19. The molecule has 2 aromatic carbocycles. The lowest BCUT2D eigenvalue weighted by atomic mass is 10.2. The number of nitro benzene ring substituents is 2. The molecule has 0 aliphatic heterocycles. The Kier molecular flexibility index (Phi) is 5.10. The normalized spacial score (nSPS) is 11.0. The van der Waals surface area contributed by atoms with E-state index in [2.05, 4.69) is 10.5 Å². The molecule has 0 spiro atoms. The first kappa shape index (κ1) is 18.4. The molecule has 0 atom stereocenters. The highest BCUT2D eigenvalue weighted by atomic mass is 35.5. The summed E-state index contributed by atoms with van der Waals surface area (Å²) in [5, 5.41) is 26.1. The minimum atomic E-state index is -0.592. The van der Waals surface area contributed by atoms with Gasteiger partial charge in [-0.15, -0.1) is 11.3 Å². The molecule has 1 amide bonds. The van der Waals surface area contributed by atoms with Crippen molar-refractivity contribution in [1.82, 2.24) is 5.43 Å². The molecule has 1 N–H and O–H groups in total. The zero-order valence-electron chi connectivity index (χ0n) is 13.3. The number of nitrogens with zero attached hydrogens (tertiary/aromatic N) is 3. The van der Waals surface area contributed by atoms with Gasteiger partial charge in [0.2, 0.25) is 0 Å². The van der Waals surface area contributed by atoms with Crippen molar-refractivity contribution in [3.8, 4) is 0 Å². The maximum atomic E-state index is 12.3. The number of hydrogen-bond acceptors (Lipinski definition) is 7. The van der Waals surface area contributed by atoms with Gasteiger partial charge in [0, 0.05) is 39.9 Å². The van der Waals surface area contributed by atoms with Crippen LogP contribution in [0.4, 0.5) is 11.4 Å². The molecule has 0 radical (unpaired) electrons. The van der Waals surface area contributed by atoms with Crippen molar-refractivity contribution in [3.05, 3.63) is 78.2 Å². The first-order valence-electron chi connectivity index (χ1n) is 7.31. The third-order valence-electron chi connectivity index (χ3n) is 3.49. The number of nitro groups is 2. The average molecular weight is 405 g/mol. The van der Waals surface area contributed by atoms with Gasteiger partial charge in [-0.25, -0.2) is 5.43 Å². The fraction of sp³-hybridized carbons (Fsp3) is 0. The lowest BCUT2D eigenvalue weighted by Crippen LogP contribution is -2.16. The minimum Gasteiger partial charge on any atom is -0.266 e. The highest BCUT2D eigenvalue weighted by molar-refractivity contribution is 7.21. The fourth-order valence-corrected chi connectivity index (χ4v) is 3.69. The number of amides is 1. The standard InChI is InChI=1S/C16H9ClN4O5S/c17-14-12-5-4-11(21(25)26)7-13(12)27-15(14)16(22)19-18-8-9-2-1-3-10(6-9)20(23)24/h1-8H,(H,19,22). The van der Waals surface area contributed by atoms with Crippen LogP contribution in [0.1, 0.15) is 15.2 Å². The summed E-state index contributed by atoms with van der Waals surface area (Å²) < 4.78 is 0.502. The molecule has 136 valence electrons. The molecule has 3 rings (SSSR count). The van der Waals surface area contributed by atoms with E-state index in [4.69, 9.17) is 11.6 Å². The van der Waals surface area contributed by atoms with Crippen LogP contribution in [0.2, 0.25) is 5.02 Å². The number of halogens is 1. The molecule has 0 bridgehead atoms. The number of carbonyl (C=O) groups excluding carboxylic acids is 1. The molecule has 1 heterocycles. The van der Waals surface area contributed by atoms with E-state index in [1.807, 2.05) is 0 Å². The molecule has 0 aliphatic rings. The third-order valence-corrected chi connectivity index (χ3v) is 5.15. The Hall–Kier alpha value is -3.37. The summed E-state index contributed by atoms with van der Waals surface area (Å²) in [6.45, 7) is 0. The highest BCUT2D eigenvalue weighted by Crippen LogP contribution is 2.37. The molecular formula is C16H9ClN4O5S. The number of benzene rings is 2. The molecule has 0 fully saturated rings. The Balaban J connectivity index is 1.80. The maximum Gasteiger partial charge on any atom is 0.283 e. The summed E-state index contributed by atoms with van der Waals surface area (Å²) in [6, 6.07) is 9.87. The monoisotopic (exact) mass is 404 g/mol. The van der Waals surface area contributed by atoms with Crippen molar-refractivity contribution in [2.24, 2.45) is 5.10 Å². The topological polar surface area (TPSA) is 128 Å². The Morgan fingerprint density at radius 1 is 1.11 bits per heavy atom. The Morgan fingerprint density at radius 2 is 1.81 bits per heavy atom.